The molecule has 0 atom stereocenters. The van der Waals surface area contributed by atoms with Crippen LogP contribution >= 0.6 is 31.9 Å². The molecule has 0 saturated heterocycles. The molecule has 0 aliphatic heterocycles. The van der Waals surface area contributed by atoms with E-state index in [4.69, 9.17) is 0 Å². The van der Waals surface area contributed by atoms with Crippen LogP contribution in [0, 0.1) is 0 Å². The SMILES string of the molecule is O=Cc1ccc(-c2cc(-c3ccc(C=O)cc3)c(Br)cc2Br)cc1. The molecule has 0 spiro atoms. The van der Waals surface area contributed by atoms with Crippen LogP contribution in [0.25, 0.3) is 22.3 Å². The molecule has 24 heavy (non-hydrogen) atoms. The highest BCUT2D eigenvalue weighted by molar-refractivity contribution is 9.11. The molecule has 0 heterocycles. The third kappa shape index (κ3) is 3.40. The third-order valence-corrected chi connectivity index (χ3v) is 5.08. The summed E-state index contributed by atoms with van der Waals surface area (Å²) in [5, 5.41) is 0. The highest BCUT2D eigenvalue weighted by Crippen LogP contribution is 2.38. The Balaban J connectivity index is 2.10. The summed E-state index contributed by atoms with van der Waals surface area (Å²) < 4.78 is 1.92. The quantitative estimate of drug-likeness (QED) is 0.451. The lowest BCUT2D eigenvalue weighted by atomic mass is 9.98. The molecule has 3 aromatic carbocycles. The average molecular weight is 444 g/mol. The Morgan fingerprint density at radius 2 is 0.958 bits per heavy atom. The van der Waals surface area contributed by atoms with E-state index < -0.39 is 0 Å². The van der Waals surface area contributed by atoms with Gasteiger partial charge >= 0.3 is 0 Å². The summed E-state index contributed by atoms with van der Waals surface area (Å²) in [6.45, 7) is 0. The van der Waals surface area contributed by atoms with Gasteiger partial charge in [-0.1, -0.05) is 80.4 Å². The summed E-state index contributed by atoms with van der Waals surface area (Å²) in [6.07, 6.45) is 1.67. The van der Waals surface area contributed by atoms with E-state index in [9.17, 15) is 9.59 Å². The number of halogens is 2. The molecule has 2 nitrogen and oxygen atoms in total. The number of carbonyl (C=O) groups excluding carboxylic acids is 2. The molecule has 0 amide bonds. The van der Waals surface area contributed by atoms with Crippen molar-refractivity contribution < 1.29 is 9.59 Å². The molecule has 0 aromatic heterocycles. The molecule has 4 heteroatoms. The van der Waals surface area contributed by atoms with Gasteiger partial charge in [0.2, 0.25) is 0 Å². The third-order valence-electron chi connectivity index (χ3n) is 3.77. The summed E-state index contributed by atoms with van der Waals surface area (Å²) >= 11 is 7.21. The average Bonchev–Trinajstić information content (AvgIpc) is 2.62. The lowest BCUT2D eigenvalue weighted by Crippen LogP contribution is -1.87. The van der Waals surface area contributed by atoms with Gasteiger partial charge in [0, 0.05) is 20.1 Å². The zero-order valence-electron chi connectivity index (χ0n) is 12.5. The highest BCUT2D eigenvalue weighted by atomic mass is 79.9. The summed E-state index contributed by atoms with van der Waals surface area (Å²) in [5.74, 6) is 0. The van der Waals surface area contributed by atoms with E-state index in [-0.39, 0.29) is 0 Å². The predicted molar refractivity (Wildman–Crippen MR) is 103 cm³/mol. The van der Waals surface area contributed by atoms with Crippen LogP contribution in [0.5, 0.6) is 0 Å². The summed E-state index contributed by atoms with van der Waals surface area (Å²) in [5.41, 5.74) is 5.40. The molecular weight excluding hydrogens is 432 g/mol. The minimum absolute atomic E-state index is 0.650. The number of carbonyl (C=O) groups is 2. The zero-order valence-corrected chi connectivity index (χ0v) is 15.7. The first-order valence-electron chi connectivity index (χ1n) is 7.22. The van der Waals surface area contributed by atoms with Crippen LogP contribution in [0.1, 0.15) is 20.7 Å². The number of rotatable bonds is 4. The van der Waals surface area contributed by atoms with Gasteiger partial charge in [-0.2, -0.15) is 0 Å². The maximum atomic E-state index is 10.8. The van der Waals surface area contributed by atoms with Gasteiger partial charge in [0.1, 0.15) is 12.6 Å². The highest BCUT2D eigenvalue weighted by Gasteiger charge is 2.10. The molecule has 3 aromatic rings. The molecule has 0 bridgehead atoms. The predicted octanol–water partition coefficient (Wildman–Crippen LogP) is 6.17. The van der Waals surface area contributed by atoms with E-state index in [1.807, 2.05) is 30.3 Å². The Morgan fingerprint density at radius 1 is 0.583 bits per heavy atom. The van der Waals surface area contributed by atoms with Crippen LogP contribution in [-0.2, 0) is 0 Å². The fourth-order valence-electron chi connectivity index (χ4n) is 2.47. The molecular formula is C20H12Br2O2. The van der Waals surface area contributed by atoms with Crippen molar-refractivity contribution in [1.82, 2.24) is 0 Å². The van der Waals surface area contributed by atoms with E-state index in [2.05, 4.69) is 37.9 Å². The van der Waals surface area contributed by atoms with E-state index in [0.29, 0.717) is 11.1 Å². The van der Waals surface area contributed by atoms with Crippen molar-refractivity contribution in [2.75, 3.05) is 0 Å². The maximum Gasteiger partial charge on any atom is 0.150 e. The minimum atomic E-state index is 0.650. The standard InChI is InChI=1S/C20H12Br2O2/c21-19-10-20(22)18(16-7-3-14(12-24)4-8-16)9-17(19)15-5-1-13(11-23)2-6-15/h1-12H. The molecule has 0 fully saturated rings. The molecule has 0 aliphatic rings. The largest absolute Gasteiger partial charge is 0.298 e. The Labute approximate surface area is 156 Å². The van der Waals surface area contributed by atoms with Gasteiger partial charge in [0.15, 0.2) is 0 Å². The molecule has 3 rings (SSSR count). The Hall–Kier alpha value is -2.04. The van der Waals surface area contributed by atoms with E-state index in [1.165, 1.54) is 0 Å². The van der Waals surface area contributed by atoms with Gasteiger partial charge in [0.05, 0.1) is 0 Å². The van der Waals surface area contributed by atoms with Crippen molar-refractivity contribution in [2.45, 2.75) is 0 Å². The van der Waals surface area contributed by atoms with Gasteiger partial charge in [-0.25, -0.2) is 0 Å². The molecule has 118 valence electrons. The second-order valence-electron chi connectivity index (χ2n) is 5.29. The second kappa shape index (κ2) is 7.24. The fraction of sp³-hybridized carbons (Fsp3) is 0. The lowest BCUT2D eigenvalue weighted by molar-refractivity contribution is 0.111. The summed E-state index contributed by atoms with van der Waals surface area (Å²) in [4.78, 5) is 21.6. The van der Waals surface area contributed by atoms with Crippen molar-refractivity contribution in [3.8, 4) is 22.3 Å². The van der Waals surface area contributed by atoms with Crippen molar-refractivity contribution in [3.63, 3.8) is 0 Å². The zero-order chi connectivity index (χ0) is 17.1. The first-order valence-corrected chi connectivity index (χ1v) is 8.81. The smallest absolute Gasteiger partial charge is 0.150 e. The van der Waals surface area contributed by atoms with E-state index >= 15 is 0 Å². The van der Waals surface area contributed by atoms with Crippen molar-refractivity contribution in [2.24, 2.45) is 0 Å². The van der Waals surface area contributed by atoms with Crippen LogP contribution in [-0.4, -0.2) is 12.6 Å². The second-order valence-corrected chi connectivity index (χ2v) is 7.00. The van der Waals surface area contributed by atoms with E-state index in [0.717, 1.165) is 43.8 Å². The van der Waals surface area contributed by atoms with Gasteiger partial charge < -0.3 is 0 Å². The maximum absolute atomic E-state index is 10.8. The first kappa shape index (κ1) is 16.8. The monoisotopic (exact) mass is 442 g/mol. The molecule has 0 aliphatic carbocycles. The number of benzene rings is 3. The number of aldehydes is 2. The number of hydrogen-bond acceptors (Lipinski definition) is 2. The number of hydrogen-bond donors (Lipinski definition) is 0. The Morgan fingerprint density at radius 3 is 1.29 bits per heavy atom. The van der Waals surface area contributed by atoms with Crippen LogP contribution in [0.15, 0.2) is 69.6 Å². The van der Waals surface area contributed by atoms with Gasteiger partial charge in [0.25, 0.3) is 0 Å². The van der Waals surface area contributed by atoms with Gasteiger partial charge in [-0.15, -0.1) is 0 Å². The van der Waals surface area contributed by atoms with Crippen LogP contribution < -0.4 is 0 Å². The molecule has 0 N–H and O–H groups in total. The minimum Gasteiger partial charge on any atom is -0.298 e. The normalized spacial score (nSPS) is 10.4. The summed E-state index contributed by atoms with van der Waals surface area (Å²) in [7, 11) is 0. The topological polar surface area (TPSA) is 34.1 Å². The van der Waals surface area contributed by atoms with E-state index in [1.54, 1.807) is 24.3 Å². The molecule has 0 saturated carbocycles. The molecule has 0 unspecified atom stereocenters. The Kier molecular flexibility index (Phi) is 5.07. The fourth-order valence-corrected chi connectivity index (χ4v) is 3.93. The molecule has 0 radical (unpaired) electrons. The summed E-state index contributed by atoms with van der Waals surface area (Å²) in [6, 6.07) is 19.0. The Bertz CT molecular complexity index is 825. The lowest BCUT2D eigenvalue weighted by Gasteiger charge is -2.11. The van der Waals surface area contributed by atoms with Crippen molar-refractivity contribution in [3.05, 3.63) is 80.7 Å². The van der Waals surface area contributed by atoms with Crippen molar-refractivity contribution in [1.29, 1.82) is 0 Å². The first-order chi connectivity index (χ1) is 11.6. The van der Waals surface area contributed by atoms with Crippen LogP contribution in [0.3, 0.4) is 0 Å². The van der Waals surface area contributed by atoms with Gasteiger partial charge in [-0.05, 0) is 34.4 Å². The van der Waals surface area contributed by atoms with Gasteiger partial charge in [-0.3, -0.25) is 9.59 Å². The van der Waals surface area contributed by atoms with Crippen molar-refractivity contribution >= 4 is 44.4 Å². The van der Waals surface area contributed by atoms with Crippen LogP contribution in [0.4, 0.5) is 0 Å². The van der Waals surface area contributed by atoms with Crippen LogP contribution in [0.2, 0.25) is 0 Å².